The van der Waals surface area contributed by atoms with Gasteiger partial charge in [0.15, 0.2) is 0 Å². The highest BCUT2D eigenvalue weighted by Crippen LogP contribution is 2.16. The largest absolute Gasteiger partial charge is 0.314 e. The van der Waals surface area contributed by atoms with Crippen molar-refractivity contribution in [1.29, 1.82) is 0 Å². The first kappa shape index (κ1) is 13.6. The molecule has 1 fully saturated rings. The van der Waals surface area contributed by atoms with Crippen molar-refractivity contribution < 1.29 is 0 Å². The number of nitrogens with one attached hydrogen (secondary N) is 1. The monoisotopic (exact) mass is 249 g/mol. The Morgan fingerprint density at radius 3 is 2.94 bits per heavy atom. The molecular formula is C15H27N3. The second-order valence-corrected chi connectivity index (χ2v) is 5.46. The highest BCUT2D eigenvalue weighted by atomic mass is 15.3. The molecule has 0 aromatic carbocycles. The van der Waals surface area contributed by atoms with E-state index in [9.17, 15) is 0 Å². The first-order chi connectivity index (χ1) is 8.83. The van der Waals surface area contributed by atoms with Crippen LogP contribution in [0.4, 0.5) is 0 Å². The third kappa shape index (κ3) is 3.58. The average Bonchev–Trinajstić information content (AvgIpc) is 2.68. The number of nitrogens with zero attached hydrogens (tertiary/aromatic N) is 2. The predicted molar refractivity (Wildman–Crippen MR) is 75.8 cm³/mol. The lowest BCUT2D eigenvalue weighted by Crippen LogP contribution is -2.30. The molecule has 0 bridgehead atoms. The Hall–Kier alpha value is -0.830. The van der Waals surface area contributed by atoms with Gasteiger partial charge in [-0.1, -0.05) is 26.7 Å². The Kier molecular flexibility index (Phi) is 5.24. The summed E-state index contributed by atoms with van der Waals surface area (Å²) < 4.78 is 2.16. The maximum atomic E-state index is 4.75. The molecule has 1 unspecified atom stereocenters. The van der Waals surface area contributed by atoms with Crippen LogP contribution in [0.15, 0.2) is 12.3 Å². The quantitative estimate of drug-likeness (QED) is 0.867. The maximum absolute atomic E-state index is 4.75. The minimum Gasteiger partial charge on any atom is -0.314 e. The molecule has 0 aliphatic carbocycles. The van der Waals surface area contributed by atoms with Gasteiger partial charge in [-0.15, -0.1) is 0 Å². The van der Waals surface area contributed by atoms with Gasteiger partial charge in [0.05, 0.1) is 11.7 Å². The molecule has 0 spiro atoms. The SMILES string of the molecule is CCC(CC)n1ccc(CC2CCCCCN2)n1. The molecule has 0 saturated carbocycles. The van der Waals surface area contributed by atoms with E-state index in [0.29, 0.717) is 12.1 Å². The van der Waals surface area contributed by atoms with Crippen molar-refractivity contribution in [2.45, 2.75) is 70.9 Å². The Bertz CT molecular complexity index is 333. The summed E-state index contributed by atoms with van der Waals surface area (Å²) in [7, 11) is 0. The zero-order chi connectivity index (χ0) is 12.8. The summed E-state index contributed by atoms with van der Waals surface area (Å²) >= 11 is 0. The summed E-state index contributed by atoms with van der Waals surface area (Å²) in [5.74, 6) is 0. The molecule has 102 valence electrons. The minimum absolute atomic E-state index is 0.570. The zero-order valence-electron chi connectivity index (χ0n) is 11.9. The minimum atomic E-state index is 0.570. The topological polar surface area (TPSA) is 29.9 Å². The Balaban J connectivity index is 1.92. The fourth-order valence-electron chi connectivity index (χ4n) is 2.88. The number of aromatic nitrogens is 2. The molecule has 1 aliphatic rings. The summed E-state index contributed by atoms with van der Waals surface area (Å²) in [5.41, 5.74) is 1.25. The standard InChI is InChI=1S/C15H27N3/c1-3-15(4-2)18-11-9-14(17-18)12-13-8-6-5-7-10-16-13/h9,11,13,15-16H,3-8,10,12H2,1-2H3. The normalized spacial score (nSPS) is 21.2. The van der Waals surface area contributed by atoms with Gasteiger partial charge in [-0.2, -0.15) is 5.10 Å². The van der Waals surface area contributed by atoms with Gasteiger partial charge < -0.3 is 5.32 Å². The molecular weight excluding hydrogens is 222 g/mol. The van der Waals surface area contributed by atoms with E-state index in [4.69, 9.17) is 5.10 Å². The molecule has 2 rings (SSSR count). The molecule has 1 aliphatic heterocycles. The van der Waals surface area contributed by atoms with Crippen molar-refractivity contribution in [3.05, 3.63) is 18.0 Å². The molecule has 1 atom stereocenters. The van der Waals surface area contributed by atoms with Crippen molar-refractivity contribution in [3.8, 4) is 0 Å². The maximum Gasteiger partial charge on any atom is 0.0640 e. The van der Waals surface area contributed by atoms with Crippen LogP contribution in [-0.4, -0.2) is 22.4 Å². The number of hydrogen-bond acceptors (Lipinski definition) is 2. The van der Waals surface area contributed by atoms with Crippen LogP contribution in [0.3, 0.4) is 0 Å². The van der Waals surface area contributed by atoms with E-state index in [-0.39, 0.29) is 0 Å². The van der Waals surface area contributed by atoms with Crippen molar-refractivity contribution in [1.82, 2.24) is 15.1 Å². The fraction of sp³-hybridized carbons (Fsp3) is 0.800. The molecule has 1 saturated heterocycles. The Morgan fingerprint density at radius 2 is 2.17 bits per heavy atom. The van der Waals surface area contributed by atoms with E-state index in [1.165, 1.54) is 50.8 Å². The summed E-state index contributed by atoms with van der Waals surface area (Å²) in [5, 5.41) is 8.40. The molecule has 3 nitrogen and oxygen atoms in total. The van der Waals surface area contributed by atoms with Gasteiger partial charge in [-0.05, 0) is 38.3 Å². The third-order valence-corrected chi connectivity index (χ3v) is 4.10. The van der Waals surface area contributed by atoms with E-state index in [2.05, 4.69) is 36.1 Å². The van der Waals surface area contributed by atoms with Crippen LogP contribution < -0.4 is 5.32 Å². The first-order valence-corrected chi connectivity index (χ1v) is 7.61. The summed E-state index contributed by atoms with van der Waals surface area (Å²) in [6.07, 6.45) is 11.0. The first-order valence-electron chi connectivity index (χ1n) is 7.61. The summed E-state index contributed by atoms with van der Waals surface area (Å²) in [6, 6.07) is 3.41. The molecule has 1 aromatic rings. The predicted octanol–water partition coefficient (Wildman–Crippen LogP) is 3.32. The van der Waals surface area contributed by atoms with Gasteiger partial charge in [0.1, 0.15) is 0 Å². The molecule has 18 heavy (non-hydrogen) atoms. The summed E-state index contributed by atoms with van der Waals surface area (Å²) in [6.45, 7) is 5.66. The van der Waals surface area contributed by atoms with Crippen LogP contribution in [0, 0.1) is 0 Å². The van der Waals surface area contributed by atoms with E-state index in [0.717, 1.165) is 6.42 Å². The average molecular weight is 249 g/mol. The molecule has 0 radical (unpaired) electrons. The lowest BCUT2D eigenvalue weighted by Gasteiger charge is -2.15. The fourth-order valence-corrected chi connectivity index (χ4v) is 2.88. The van der Waals surface area contributed by atoms with Gasteiger partial charge in [0.2, 0.25) is 0 Å². The highest BCUT2D eigenvalue weighted by Gasteiger charge is 2.14. The second-order valence-electron chi connectivity index (χ2n) is 5.46. The Labute approximate surface area is 111 Å². The van der Waals surface area contributed by atoms with E-state index < -0.39 is 0 Å². The van der Waals surface area contributed by atoms with Crippen molar-refractivity contribution in [2.24, 2.45) is 0 Å². The van der Waals surface area contributed by atoms with Crippen molar-refractivity contribution in [2.75, 3.05) is 6.54 Å². The molecule has 2 heterocycles. The van der Waals surface area contributed by atoms with E-state index >= 15 is 0 Å². The van der Waals surface area contributed by atoms with Crippen LogP contribution in [0.2, 0.25) is 0 Å². The lowest BCUT2D eigenvalue weighted by molar-refractivity contribution is 0.421. The molecule has 3 heteroatoms. The van der Waals surface area contributed by atoms with Crippen LogP contribution in [-0.2, 0) is 6.42 Å². The van der Waals surface area contributed by atoms with Crippen molar-refractivity contribution in [3.63, 3.8) is 0 Å². The van der Waals surface area contributed by atoms with Crippen LogP contribution >= 0.6 is 0 Å². The highest BCUT2D eigenvalue weighted by molar-refractivity contribution is 5.02. The van der Waals surface area contributed by atoms with Crippen LogP contribution in [0.5, 0.6) is 0 Å². The van der Waals surface area contributed by atoms with Gasteiger partial charge >= 0.3 is 0 Å². The Morgan fingerprint density at radius 1 is 1.33 bits per heavy atom. The molecule has 1 aromatic heterocycles. The third-order valence-electron chi connectivity index (χ3n) is 4.10. The van der Waals surface area contributed by atoms with Crippen molar-refractivity contribution >= 4 is 0 Å². The molecule has 1 N–H and O–H groups in total. The van der Waals surface area contributed by atoms with Crippen LogP contribution in [0.25, 0.3) is 0 Å². The summed E-state index contributed by atoms with van der Waals surface area (Å²) in [4.78, 5) is 0. The number of rotatable bonds is 5. The van der Waals surface area contributed by atoms with Crippen LogP contribution in [0.1, 0.15) is 64.1 Å². The van der Waals surface area contributed by atoms with Gasteiger partial charge in [0.25, 0.3) is 0 Å². The van der Waals surface area contributed by atoms with Gasteiger partial charge in [0, 0.05) is 18.7 Å². The second kappa shape index (κ2) is 6.93. The van der Waals surface area contributed by atoms with E-state index in [1.54, 1.807) is 0 Å². The smallest absolute Gasteiger partial charge is 0.0640 e. The lowest BCUT2D eigenvalue weighted by atomic mass is 10.1. The molecule has 0 amide bonds. The van der Waals surface area contributed by atoms with E-state index in [1.807, 2.05) is 0 Å². The van der Waals surface area contributed by atoms with Gasteiger partial charge in [-0.25, -0.2) is 0 Å². The van der Waals surface area contributed by atoms with Gasteiger partial charge in [-0.3, -0.25) is 4.68 Å². The number of hydrogen-bond donors (Lipinski definition) is 1. The zero-order valence-corrected chi connectivity index (χ0v) is 11.9.